The van der Waals surface area contributed by atoms with Crippen LogP contribution in [0, 0.1) is 0 Å². The standard InChI is InChI=1S/C29H27ClN4O6/c1-37-14-20-9-16-3-2-4-24(27(16)40-20)39-18-7-8-21(23(30)10-18)26(36)22-11-31-28-25(22)29(33-15-32-28)34-17-5-6-19(12-35)38-13-17/h2-4,7-11,15,17,19,35H,5-6,12-14H2,1H3,(H2,31,32,33,34)/t17-,19+/m1/s1. The number of ether oxygens (including phenoxy) is 3. The second-order valence-electron chi connectivity index (χ2n) is 9.60. The van der Waals surface area contributed by atoms with Crippen LogP contribution in [0.25, 0.3) is 22.0 Å². The summed E-state index contributed by atoms with van der Waals surface area (Å²) in [6.07, 6.45) is 4.43. The molecule has 1 fully saturated rings. The number of aromatic nitrogens is 3. The SMILES string of the molecule is COCc1cc2cccc(Oc3ccc(C(=O)c4c[nH]c5ncnc(N[C@@H]6CC[C@@H](CO)OC6)c45)c(Cl)c3)c2o1. The molecule has 0 radical (unpaired) electrons. The number of H-pyrrole nitrogens is 1. The zero-order valence-electron chi connectivity index (χ0n) is 21.6. The number of fused-ring (bicyclic) bond motifs is 2. The molecule has 0 spiro atoms. The number of benzene rings is 2. The van der Waals surface area contributed by atoms with E-state index >= 15 is 0 Å². The monoisotopic (exact) mass is 562 g/mol. The van der Waals surface area contributed by atoms with Gasteiger partial charge >= 0.3 is 0 Å². The molecule has 1 aliphatic rings. The Morgan fingerprint density at radius 3 is 2.88 bits per heavy atom. The summed E-state index contributed by atoms with van der Waals surface area (Å²) >= 11 is 6.61. The van der Waals surface area contributed by atoms with Crippen LogP contribution in [0.5, 0.6) is 11.5 Å². The first-order valence-corrected chi connectivity index (χ1v) is 13.3. The lowest BCUT2D eigenvalue weighted by Crippen LogP contribution is -2.36. The molecule has 5 aromatic rings. The van der Waals surface area contributed by atoms with E-state index in [-0.39, 0.29) is 29.6 Å². The lowest BCUT2D eigenvalue weighted by Gasteiger charge is -2.29. The normalized spacial score (nSPS) is 17.4. The summed E-state index contributed by atoms with van der Waals surface area (Å²) in [5.41, 5.74) is 1.83. The van der Waals surface area contributed by atoms with E-state index in [0.717, 1.165) is 18.2 Å². The van der Waals surface area contributed by atoms with Crippen LogP contribution in [0.4, 0.5) is 5.82 Å². The number of nitrogens with zero attached hydrogens (tertiary/aromatic N) is 2. The quantitative estimate of drug-likeness (QED) is 0.200. The van der Waals surface area contributed by atoms with Gasteiger partial charge < -0.3 is 34.0 Å². The van der Waals surface area contributed by atoms with E-state index in [9.17, 15) is 9.90 Å². The highest BCUT2D eigenvalue weighted by molar-refractivity contribution is 6.35. The average molecular weight is 563 g/mol. The fraction of sp³-hybridized carbons (Fsp3) is 0.276. The number of nitrogens with one attached hydrogen (secondary N) is 2. The Kier molecular flexibility index (Phi) is 7.40. The number of methoxy groups -OCH3 is 1. The Morgan fingerprint density at radius 2 is 2.10 bits per heavy atom. The van der Waals surface area contributed by atoms with Crippen LogP contribution in [0.1, 0.15) is 34.5 Å². The predicted octanol–water partition coefficient (Wildman–Crippen LogP) is 5.48. The molecular weight excluding hydrogens is 536 g/mol. The molecule has 40 heavy (non-hydrogen) atoms. The summed E-state index contributed by atoms with van der Waals surface area (Å²) in [6.45, 7) is 0.780. The minimum absolute atomic E-state index is 0.000621. The number of carbonyl (C=O) groups is 1. The Morgan fingerprint density at radius 1 is 1.20 bits per heavy atom. The molecule has 0 aliphatic carbocycles. The number of hydrogen-bond acceptors (Lipinski definition) is 9. The molecule has 2 atom stereocenters. The first kappa shape index (κ1) is 26.3. The van der Waals surface area contributed by atoms with Gasteiger partial charge in [-0.25, -0.2) is 9.97 Å². The molecule has 0 unspecified atom stereocenters. The van der Waals surface area contributed by atoms with E-state index in [1.54, 1.807) is 37.6 Å². The largest absolute Gasteiger partial charge is 0.455 e. The second kappa shape index (κ2) is 11.3. The number of para-hydroxylation sites is 1. The molecule has 3 aromatic heterocycles. The molecule has 0 saturated carbocycles. The summed E-state index contributed by atoms with van der Waals surface area (Å²) in [5, 5.41) is 14.4. The van der Waals surface area contributed by atoms with E-state index in [2.05, 4.69) is 20.3 Å². The molecule has 6 rings (SSSR count). The maximum atomic E-state index is 13.7. The molecule has 3 N–H and O–H groups in total. The van der Waals surface area contributed by atoms with E-state index < -0.39 is 0 Å². The summed E-state index contributed by atoms with van der Waals surface area (Å²) in [6, 6.07) is 12.4. The van der Waals surface area contributed by atoms with Gasteiger partial charge in [0, 0.05) is 30.3 Å². The Bertz CT molecular complexity index is 1670. The topological polar surface area (TPSA) is 132 Å². The van der Waals surface area contributed by atoms with Gasteiger partial charge in [0.25, 0.3) is 0 Å². The first-order chi connectivity index (χ1) is 19.5. The molecular formula is C29H27ClN4O6. The number of hydrogen-bond donors (Lipinski definition) is 3. The number of ketones is 1. The number of furan rings is 1. The van der Waals surface area contributed by atoms with Crippen LogP contribution in [0.3, 0.4) is 0 Å². The lowest BCUT2D eigenvalue weighted by atomic mass is 10.0. The number of aromatic amines is 1. The molecule has 1 aliphatic heterocycles. The first-order valence-electron chi connectivity index (χ1n) is 12.9. The number of carbonyl (C=O) groups excluding carboxylic acids is 1. The Labute approximate surface area is 234 Å². The minimum atomic E-state index is -0.279. The fourth-order valence-electron chi connectivity index (χ4n) is 4.91. The van der Waals surface area contributed by atoms with Crippen LogP contribution in [-0.4, -0.2) is 58.3 Å². The van der Waals surface area contributed by atoms with Gasteiger partial charge in [0.1, 0.15) is 35.9 Å². The van der Waals surface area contributed by atoms with Gasteiger partial charge in [0.05, 0.1) is 41.3 Å². The summed E-state index contributed by atoms with van der Waals surface area (Å²) in [7, 11) is 1.61. The molecule has 0 amide bonds. The molecule has 10 nitrogen and oxygen atoms in total. The molecule has 206 valence electrons. The van der Waals surface area contributed by atoms with Crippen molar-refractivity contribution < 1.29 is 28.5 Å². The summed E-state index contributed by atoms with van der Waals surface area (Å²) in [4.78, 5) is 25.4. The lowest BCUT2D eigenvalue weighted by molar-refractivity contribution is -0.0224. The van der Waals surface area contributed by atoms with Crippen molar-refractivity contribution in [2.24, 2.45) is 0 Å². The maximum Gasteiger partial charge on any atom is 0.196 e. The summed E-state index contributed by atoms with van der Waals surface area (Å²) < 4.78 is 22.8. The molecule has 2 aromatic carbocycles. The highest BCUT2D eigenvalue weighted by atomic mass is 35.5. The van der Waals surface area contributed by atoms with E-state index in [1.807, 2.05) is 18.2 Å². The number of halogens is 1. The van der Waals surface area contributed by atoms with Crippen LogP contribution in [0.2, 0.25) is 5.02 Å². The molecule has 1 saturated heterocycles. The van der Waals surface area contributed by atoms with Crippen LogP contribution < -0.4 is 10.1 Å². The van der Waals surface area contributed by atoms with Gasteiger partial charge in [-0.3, -0.25) is 4.79 Å². The molecule has 4 heterocycles. The van der Waals surface area contributed by atoms with E-state index in [0.29, 0.717) is 64.0 Å². The highest BCUT2D eigenvalue weighted by Crippen LogP contribution is 2.35. The third-order valence-corrected chi connectivity index (χ3v) is 7.20. The zero-order chi connectivity index (χ0) is 27.6. The maximum absolute atomic E-state index is 13.7. The van der Waals surface area contributed by atoms with Crippen LogP contribution in [0.15, 0.2) is 59.4 Å². The van der Waals surface area contributed by atoms with Crippen molar-refractivity contribution in [1.82, 2.24) is 15.0 Å². The van der Waals surface area contributed by atoms with Gasteiger partial charge in [-0.15, -0.1) is 0 Å². The van der Waals surface area contributed by atoms with Gasteiger partial charge in [-0.05, 0) is 37.1 Å². The van der Waals surface area contributed by atoms with Gasteiger partial charge in [-0.2, -0.15) is 0 Å². The van der Waals surface area contributed by atoms with Gasteiger partial charge in [0.2, 0.25) is 0 Å². The van der Waals surface area contributed by atoms with Crippen molar-refractivity contribution in [3.63, 3.8) is 0 Å². The Balaban J connectivity index is 1.25. The predicted molar refractivity (Wildman–Crippen MR) is 149 cm³/mol. The van der Waals surface area contributed by atoms with Crippen molar-refractivity contribution >= 4 is 45.2 Å². The fourth-order valence-corrected chi connectivity index (χ4v) is 5.16. The van der Waals surface area contributed by atoms with Crippen molar-refractivity contribution in [2.45, 2.75) is 31.6 Å². The number of anilines is 1. The van der Waals surface area contributed by atoms with Crippen molar-refractivity contribution in [1.29, 1.82) is 0 Å². The van der Waals surface area contributed by atoms with Crippen molar-refractivity contribution in [3.8, 4) is 11.5 Å². The molecule has 11 heteroatoms. The van der Waals surface area contributed by atoms with Crippen LogP contribution >= 0.6 is 11.6 Å². The zero-order valence-corrected chi connectivity index (χ0v) is 22.4. The third-order valence-electron chi connectivity index (χ3n) is 6.89. The van der Waals surface area contributed by atoms with Crippen LogP contribution in [-0.2, 0) is 16.1 Å². The minimum Gasteiger partial charge on any atom is -0.455 e. The van der Waals surface area contributed by atoms with Crippen molar-refractivity contribution in [2.75, 3.05) is 25.6 Å². The van der Waals surface area contributed by atoms with E-state index in [4.69, 9.17) is 30.2 Å². The number of rotatable bonds is 9. The van der Waals surface area contributed by atoms with Crippen molar-refractivity contribution in [3.05, 3.63) is 76.9 Å². The number of aliphatic hydroxyl groups is 1. The van der Waals surface area contributed by atoms with Gasteiger partial charge in [0.15, 0.2) is 17.1 Å². The van der Waals surface area contributed by atoms with E-state index in [1.165, 1.54) is 6.33 Å². The third kappa shape index (κ3) is 5.14. The average Bonchev–Trinajstić information content (AvgIpc) is 3.59. The highest BCUT2D eigenvalue weighted by Gasteiger charge is 2.25. The van der Waals surface area contributed by atoms with Gasteiger partial charge in [-0.1, -0.05) is 23.7 Å². The number of aliphatic hydroxyl groups excluding tert-OH is 1. The smallest absolute Gasteiger partial charge is 0.196 e. The Hall–Kier alpha value is -3.96. The second-order valence-corrected chi connectivity index (χ2v) is 10.0. The summed E-state index contributed by atoms with van der Waals surface area (Å²) in [5.74, 6) is 1.92. The molecule has 0 bridgehead atoms.